The van der Waals surface area contributed by atoms with Crippen LogP contribution in [0.25, 0.3) is 0 Å². The van der Waals surface area contributed by atoms with Crippen LogP contribution in [-0.2, 0) is 11.3 Å². The fourth-order valence-corrected chi connectivity index (χ4v) is 2.83. The second kappa shape index (κ2) is 6.54. The van der Waals surface area contributed by atoms with Gasteiger partial charge in [-0.3, -0.25) is 9.59 Å². The molecule has 6 nitrogen and oxygen atoms in total. The number of anilines is 1. The highest BCUT2D eigenvalue weighted by Gasteiger charge is 2.27. The molecule has 0 fully saturated rings. The monoisotopic (exact) mass is 350 g/mol. The molecular weight excluding hydrogens is 334 g/mol. The standard InChI is InChI=1S/C17H16F2N2O4/c1-10-8-11(22)9-15(24)20(10)5-4-14(23)21-6-7-25-17-13(21)3-2-12(18)16(17)19/h2-3,8-9,22H,4-7H2,1H3. The van der Waals surface area contributed by atoms with Gasteiger partial charge in [-0.15, -0.1) is 0 Å². The Labute approximate surface area is 141 Å². The molecule has 1 aliphatic rings. The second-order valence-electron chi connectivity index (χ2n) is 5.70. The van der Waals surface area contributed by atoms with Gasteiger partial charge in [0.2, 0.25) is 11.7 Å². The first-order valence-corrected chi connectivity index (χ1v) is 7.70. The van der Waals surface area contributed by atoms with E-state index < -0.39 is 17.2 Å². The lowest BCUT2D eigenvalue weighted by Crippen LogP contribution is -2.39. The van der Waals surface area contributed by atoms with Crippen LogP contribution in [0.3, 0.4) is 0 Å². The molecule has 2 aromatic rings. The van der Waals surface area contributed by atoms with Gasteiger partial charge in [0, 0.05) is 24.7 Å². The van der Waals surface area contributed by atoms with Gasteiger partial charge in [0.05, 0.1) is 12.2 Å². The Morgan fingerprint density at radius 3 is 2.80 bits per heavy atom. The van der Waals surface area contributed by atoms with E-state index in [4.69, 9.17) is 4.74 Å². The fourth-order valence-electron chi connectivity index (χ4n) is 2.83. The molecule has 0 aliphatic carbocycles. The van der Waals surface area contributed by atoms with Crippen LogP contribution in [0.5, 0.6) is 11.5 Å². The van der Waals surface area contributed by atoms with Gasteiger partial charge in [-0.2, -0.15) is 4.39 Å². The number of ether oxygens (including phenoxy) is 1. The number of carbonyl (C=O) groups excluding carboxylic acids is 1. The number of hydrogen-bond donors (Lipinski definition) is 1. The Kier molecular flexibility index (Phi) is 4.43. The maximum absolute atomic E-state index is 13.8. The fraction of sp³-hybridized carbons (Fsp3) is 0.294. The summed E-state index contributed by atoms with van der Waals surface area (Å²) in [5.74, 6) is -2.92. The van der Waals surface area contributed by atoms with Crippen LogP contribution in [0, 0.1) is 18.6 Å². The number of pyridine rings is 1. The lowest BCUT2D eigenvalue weighted by atomic mass is 10.2. The molecular formula is C17H16F2N2O4. The molecule has 1 aromatic heterocycles. The Morgan fingerprint density at radius 2 is 2.08 bits per heavy atom. The van der Waals surface area contributed by atoms with Crippen molar-refractivity contribution >= 4 is 11.6 Å². The maximum Gasteiger partial charge on any atom is 0.254 e. The van der Waals surface area contributed by atoms with E-state index in [1.807, 2.05) is 0 Å². The molecule has 2 heterocycles. The van der Waals surface area contributed by atoms with Crippen LogP contribution < -0.4 is 15.2 Å². The highest BCUT2D eigenvalue weighted by atomic mass is 19.2. The summed E-state index contributed by atoms with van der Waals surface area (Å²) < 4.78 is 33.6. The minimum atomic E-state index is -1.12. The van der Waals surface area contributed by atoms with E-state index in [1.54, 1.807) is 6.92 Å². The van der Waals surface area contributed by atoms with Crippen molar-refractivity contribution in [3.05, 3.63) is 51.9 Å². The first kappa shape index (κ1) is 16.9. The molecule has 0 spiro atoms. The number of halogens is 2. The van der Waals surface area contributed by atoms with Gasteiger partial charge in [-0.05, 0) is 25.1 Å². The molecule has 3 rings (SSSR count). The Bertz CT molecular complexity index is 895. The van der Waals surface area contributed by atoms with Crippen LogP contribution in [0.2, 0.25) is 0 Å². The first-order valence-electron chi connectivity index (χ1n) is 7.70. The number of fused-ring (bicyclic) bond motifs is 1. The van der Waals surface area contributed by atoms with Crippen molar-refractivity contribution in [3.8, 4) is 11.5 Å². The molecule has 25 heavy (non-hydrogen) atoms. The van der Waals surface area contributed by atoms with E-state index in [0.29, 0.717) is 5.69 Å². The highest BCUT2D eigenvalue weighted by Crippen LogP contribution is 2.35. The predicted octanol–water partition coefficient (Wildman–Crippen LogP) is 1.96. The Hall–Kier alpha value is -2.90. The van der Waals surface area contributed by atoms with Gasteiger partial charge < -0.3 is 19.3 Å². The van der Waals surface area contributed by atoms with Crippen LogP contribution in [0.15, 0.2) is 29.1 Å². The number of nitrogens with zero attached hydrogens (tertiary/aromatic N) is 2. The Morgan fingerprint density at radius 1 is 1.32 bits per heavy atom. The number of hydrogen-bond acceptors (Lipinski definition) is 4. The third kappa shape index (κ3) is 3.19. The second-order valence-corrected chi connectivity index (χ2v) is 5.70. The number of carbonyl (C=O) groups is 1. The zero-order valence-corrected chi connectivity index (χ0v) is 13.5. The highest BCUT2D eigenvalue weighted by molar-refractivity contribution is 5.95. The molecule has 0 saturated heterocycles. The predicted molar refractivity (Wildman–Crippen MR) is 85.9 cm³/mol. The van der Waals surface area contributed by atoms with E-state index in [-0.39, 0.29) is 49.2 Å². The van der Waals surface area contributed by atoms with Gasteiger partial charge in [0.1, 0.15) is 12.4 Å². The van der Waals surface area contributed by atoms with Crippen LogP contribution >= 0.6 is 0 Å². The normalized spacial score (nSPS) is 13.3. The summed E-state index contributed by atoms with van der Waals surface area (Å²) in [7, 11) is 0. The van der Waals surface area contributed by atoms with E-state index in [0.717, 1.165) is 12.1 Å². The topological polar surface area (TPSA) is 71.8 Å². The number of aryl methyl sites for hydroxylation is 1. The smallest absolute Gasteiger partial charge is 0.254 e. The summed E-state index contributed by atoms with van der Waals surface area (Å²) in [4.78, 5) is 25.7. The van der Waals surface area contributed by atoms with Crippen molar-refractivity contribution in [1.29, 1.82) is 0 Å². The van der Waals surface area contributed by atoms with Crippen molar-refractivity contribution in [2.75, 3.05) is 18.1 Å². The molecule has 0 bridgehead atoms. The molecule has 0 unspecified atom stereocenters. The average Bonchev–Trinajstić information content (AvgIpc) is 2.56. The third-order valence-electron chi connectivity index (χ3n) is 4.05. The quantitative estimate of drug-likeness (QED) is 0.919. The largest absolute Gasteiger partial charge is 0.508 e. The van der Waals surface area contributed by atoms with Gasteiger partial charge >= 0.3 is 0 Å². The summed E-state index contributed by atoms with van der Waals surface area (Å²) in [6.45, 7) is 2.02. The van der Waals surface area contributed by atoms with E-state index in [1.165, 1.54) is 21.6 Å². The van der Waals surface area contributed by atoms with Gasteiger partial charge in [-0.1, -0.05) is 0 Å². The lowest BCUT2D eigenvalue weighted by Gasteiger charge is -2.30. The SMILES string of the molecule is Cc1cc(O)cc(=O)n1CCC(=O)N1CCOc2c1ccc(F)c2F. The summed E-state index contributed by atoms with van der Waals surface area (Å²) >= 11 is 0. The molecule has 0 radical (unpaired) electrons. The summed E-state index contributed by atoms with van der Waals surface area (Å²) in [6.07, 6.45) is -0.00996. The molecule has 1 N–H and O–H groups in total. The van der Waals surface area contributed by atoms with E-state index in [9.17, 15) is 23.5 Å². The number of benzene rings is 1. The number of aromatic nitrogens is 1. The molecule has 0 atom stereocenters. The van der Waals surface area contributed by atoms with Gasteiger partial charge in [-0.25, -0.2) is 4.39 Å². The average molecular weight is 350 g/mol. The minimum Gasteiger partial charge on any atom is -0.508 e. The molecule has 1 aliphatic heterocycles. The maximum atomic E-state index is 13.8. The third-order valence-corrected chi connectivity index (χ3v) is 4.05. The molecule has 1 amide bonds. The van der Waals surface area contributed by atoms with Crippen molar-refractivity contribution in [3.63, 3.8) is 0 Å². The van der Waals surface area contributed by atoms with Gasteiger partial charge in [0.15, 0.2) is 11.6 Å². The molecule has 0 saturated carbocycles. The van der Waals surface area contributed by atoms with Crippen molar-refractivity contribution in [1.82, 2.24) is 4.57 Å². The molecule has 8 heteroatoms. The molecule has 132 valence electrons. The van der Waals surface area contributed by atoms with Crippen molar-refractivity contribution < 1.29 is 23.4 Å². The minimum absolute atomic E-state index is 0.00996. The Balaban J connectivity index is 1.80. The number of aromatic hydroxyl groups is 1. The first-order chi connectivity index (χ1) is 11.9. The van der Waals surface area contributed by atoms with Gasteiger partial charge in [0.25, 0.3) is 5.56 Å². The summed E-state index contributed by atoms with van der Waals surface area (Å²) in [5.41, 5.74) is 0.277. The summed E-state index contributed by atoms with van der Waals surface area (Å²) in [5, 5.41) is 9.39. The number of rotatable bonds is 3. The van der Waals surface area contributed by atoms with Crippen molar-refractivity contribution in [2.24, 2.45) is 0 Å². The van der Waals surface area contributed by atoms with E-state index >= 15 is 0 Å². The van der Waals surface area contributed by atoms with Crippen LogP contribution in [0.1, 0.15) is 12.1 Å². The van der Waals surface area contributed by atoms with Crippen LogP contribution in [-0.4, -0.2) is 28.7 Å². The zero-order chi connectivity index (χ0) is 18.1. The van der Waals surface area contributed by atoms with Crippen LogP contribution in [0.4, 0.5) is 14.5 Å². The number of amides is 1. The zero-order valence-electron chi connectivity index (χ0n) is 13.5. The van der Waals surface area contributed by atoms with Crippen molar-refractivity contribution in [2.45, 2.75) is 19.9 Å². The summed E-state index contributed by atoms with van der Waals surface area (Å²) in [6, 6.07) is 4.73. The van der Waals surface area contributed by atoms with E-state index in [2.05, 4.69) is 0 Å². The lowest BCUT2D eigenvalue weighted by molar-refractivity contribution is -0.119. The molecule has 1 aromatic carbocycles.